The van der Waals surface area contributed by atoms with Crippen LogP contribution in [0, 0.1) is 10.1 Å². The molecule has 108 valence electrons. The number of nitro benzene ring substituents is 1. The van der Waals surface area contributed by atoms with Gasteiger partial charge in [0.25, 0.3) is 5.69 Å². The molecule has 0 radical (unpaired) electrons. The summed E-state index contributed by atoms with van der Waals surface area (Å²) in [6.07, 6.45) is 0. The predicted molar refractivity (Wildman–Crippen MR) is 78.9 cm³/mol. The number of nitrogens with two attached hydrogens (primary N) is 1. The van der Waals surface area contributed by atoms with Crippen LogP contribution in [0.2, 0.25) is 10.0 Å². The summed E-state index contributed by atoms with van der Waals surface area (Å²) in [7, 11) is 0. The molecule has 0 bridgehead atoms. The molecular weight excluding hydrogens is 319 g/mol. The van der Waals surface area contributed by atoms with E-state index in [0.717, 1.165) is 6.07 Å². The molecule has 0 spiro atoms. The maximum atomic E-state index is 12.0. The molecule has 2 N–H and O–H groups in total. The third kappa shape index (κ3) is 3.24. The number of hydrogen-bond donors (Lipinski definition) is 1. The standard InChI is InChI=1S/C13H8Cl2N2O4/c14-8-2-1-3-11(12(8)15)21-13(18)7-4-5-9(16)10(6-7)17(19)20/h1-6H,16H2. The van der Waals surface area contributed by atoms with E-state index in [1.807, 2.05) is 0 Å². The quantitative estimate of drug-likeness (QED) is 0.305. The van der Waals surface area contributed by atoms with E-state index in [9.17, 15) is 14.9 Å². The number of rotatable bonds is 3. The molecular formula is C13H8Cl2N2O4. The molecule has 0 aliphatic carbocycles. The molecule has 0 aliphatic heterocycles. The van der Waals surface area contributed by atoms with Gasteiger partial charge < -0.3 is 10.5 Å². The van der Waals surface area contributed by atoms with Crippen molar-refractivity contribution in [2.24, 2.45) is 0 Å². The minimum atomic E-state index is -0.803. The number of nitrogens with zero attached hydrogens (tertiary/aromatic N) is 1. The third-order valence-electron chi connectivity index (χ3n) is 2.58. The minimum absolute atomic E-state index is 0.0213. The van der Waals surface area contributed by atoms with Crippen molar-refractivity contribution in [2.45, 2.75) is 0 Å². The van der Waals surface area contributed by atoms with Crippen molar-refractivity contribution < 1.29 is 14.5 Å². The van der Waals surface area contributed by atoms with Gasteiger partial charge in [-0.3, -0.25) is 10.1 Å². The van der Waals surface area contributed by atoms with Crippen LogP contribution in [0.3, 0.4) is 0 Å². The normalized spacial score (nSPS) is 10.2. The van der Waals surface area contributed by atoms with Crippen LogP contribution < -0.4 is 10.5 Å². The largest absolute Gasteiger partial charge is 0.421 e. The Labute approximate surface area is 129 Å². The van der Waals surface area contributed by atoms with Crippen LogP contribution >= 0.6 is 23.2 Å². The first-order valence-corrected chi connectivity index (χ1v) is 6.36. The molecule has 0 saturated carbocycles. The van der Waals surface area contributed by atoms with Crippen LogP contribution in [-0.2, 0) is 0 Å². The number of ether oxygens (including phenoxy) is 1. The molecule has 0 amide bonds. The fourth-order valence-corrected chi connectivity index (χ4v) is 1.88. The summed E-state index contributed by atoms with van der Waals surface area (Å²) in [4.78, 5) is 22.1. The van der Waals surface area contributed by atoms with Gasteiger partial charge in [0.05, 0.1) is 15.5 Å². The first-order valence-electron chi connectivity index (χ1n) is 5.60. The zero-order valence-electron chi connectivity index (χ0n) is 10.4. The van der Waals surface area contributed by atoms with Crippen LogP contribution in [0.5, 0.6) is 5.75 Å². The minimum Gasteiger partial charge on any atom is -0.421 e. The van der Waals surface area contributed by atoms with E-state index in [0.29, 0.717) is 0 Å². The molecule has 2 rings (SSSR count). The monoisotopic (exact) mass is 326 g/mol. The van der Waals surface area contributed by atoms with Crippen molar-refractivity contribution in [2.75, 3.05) is 5.73 Å². The Balaban J connectivity index is 2.31. The molecule has 8 heteroatoms. The fraction of sp³-hybridized carbons (Fsp3) is 0. The topological polar surface area (TPSA) is 95.5 Å². The van der Waals surface area contributed by atoms with Crippen LogP contribution in [0.25, 0.3) is 0 Å². The molecule has 0 aromatic heterocycles. The van der Waals surface area contributed by atoms with Crippen molar-refractivity contribution in [3.05, 3.63) is 62.1 Å². The van der Waals surface area contributed by atoms with Gasteiger partial charge in [-0.1, -0.05) is 29.3 Å². The number of carbonyl (C=O) groups excluding carboxylic acids is 1. The van der Waals surface area contributed by atoms with Gasteiger partial charge in [0.1, 0.15) is 10.7 Å². The zero-order valence-corrected chi connectivity index (χ0v) is 11.9. The molecule has 2 aromatic carbocycles. The van der Waals surface area contributed by atoms with Crippen molar-refractivity contribution in [3.63, 3.8) is 0 Å². The first kappa shape index (κ1) is 15.1. The second-order valence-corrected chi connectivity index (χ2v) is 4.76. The summed E-state index contributed by atoms with van der Waals surface area (Å²) in [5.41, 5.74) is 5.02. The zero-order chi connectivity index (χ0) is 15.6. The average Bonchev–Trinajstić information content (AvgIpc) is 2.44. The average molecular weight is 327 g/mol. The third-order valence-corrected chi connectivity index (χ3v) is 3.38. The Morgan fingerprint density at radius 1 is 1.24 bits per heavy atom. The highest BCUT2D eigenvalue weighted by atomic mass is 35.5. The van der Waals surface area contributed by atoms with Crippen molar-refractivity contribution in [1.82, 2.24) is 0 Å². The van der Waals surface area contributed by atoms with Gasteiger partial charge in [-0.15, -0.1) is 0 Å². The number of benzene rings is 2. The highest BCUT2D eigenvalue weighted by molar-refractivity contribution is 6.43. The molecule has 2 aromatic rings. The van der Waals surface area contributed by atoms with Gasteiger partial charge >= 0.3 is 5.97 Å². The fourth-order valence-electron chi connectivity index (χ4n) is 1.55. The Hall–Kier alpha value is -2.31. The molecule has 0 heterocycles. The number of nitro groups is 1. The number of nitrogen functional groups attached to an aromatic ring is 1. The number of esters is 1. The maximum absolute atomic E-state index is 12.0. The molecule has 21 heavy (non-hydrogen) atoms. The number of hydrogen-bond acceptors (Lipinski definition) is 5. The SMILES string of the molecule is Nc1ccc(C(=O)Oc2cccc(Cl)c2Cl)cc1[N+](=O)[O-]. The summed E-state index contributed by atoms with van der Waals surface area (Å²) >= 11 is 11.7. The lowest BCUT2D eigenvalue weighted by molar-refractivity contribution is -0.383. The lowest BCUT2D eigenvalue weighted by Crippen LogP contribution is -2.10. The van der Waals surface area contributed by atoms with Gasteiger partial charge in [-0.05, 0) is 24.3 Å². The number of halogens is 2. The summed E-state index contributed by atoms with van der Waals surface area (Å²) in [6, 6.07) is 8.17. The Morgan fingerprint density at radius 3 is 2.62 bits per heavy atom. The van der Waals surface area contributed by atoms with Crippen molar-refractivity contribution >= 4 is 40.5 Å². The smallest absolute Gasteiger partial charge is 0.343 e. The summed E-state index contributed by atoms with van der Waals surface area (Å²) in [5.74, 6) is -0.740. The van der Waals surface area contributed by atoms with E-state index in [2.05, 4.69) is 0 Å². The second-order valence-electron chi connectivity index (χ2n) is 3.97. The van der Waals surface area contributed by atoms with Crippen LogP contribution in [0.1, 0.15) is 10.4 Å². The lowest BCUT2D eigenvalue weighted by Gasteiger charge is -2.07. The molecule has 0 aliphatic rings. The van der Waals surface area contributed by atoms with Gasteiger partial charge in [-0.2, -0.15) is 0 Å². The highest BCUT2D eigenvalue weighted by Gasteiger charge is 2.18. The Kier molecular flexibility index (Phi) is 4.30. The maximum Gasteiger partial charge on any atom is 0.343 e. The second kappa shape index (κ2) is 5.99. The molecule has 6 nitrogen and oxygen atoms in total. The van der Waals surface area contributed by atoms with Crippen LogP contribution in [-0.4, -0.2) is 10.9 Å². The van der Waals surface area contributed by atoms with Crippen molar-refractivity contribution in [3.8, 4) is 5.75 Å². The van der Waals surface area contributed by atoms with Gasteiger partial charge in [0, 0.05) is 6.07 Å². The molecule has 0 atom stereocenters. The Bertz CT molecular complexity index is 734. The van der Waals surface area contributed by atoms with E-state index >= 15 is 0 Å². The molecule has 0 unspecified atom stereocenters. The number of anilines is 1. The van der Waals surface area contributed by atoms with E-state index in [4.69, 9.17) is 33.7 Å². The van der Waals surface area contributed by atoms with Crippen LogP contribution in [0.15, 0.2) is 36.4 Å². The van der Waals surface area contributed by atoms with Gasteiger partial charge in [0.2, 0.25) is 0 Å². The van der Waals surface area contributed by atoms with E-state index < -0.39 is 10.9 Å². The van der Waals surface area contributed by atoms with E-state index in [1.54, 1.807) is 6.07 Å². The summed E-state index contributed by atoms with van der Waals surface area (Å²) in [6.45, 7) is 0. The van der Waals surface area contributed by atoms with Gasteiger partial charge in [-0.25, -0.2) is 4.79 Å². The van der Waals surface area contributed by atoms with Gasteiger partial charge in [0.15, 0.2) is 5.75 Å². The highest BCUT2D eigenvalue weighted by Crippen LogP contribution is 2.32. The van der Waals surface area contributed by atoms with Crippen LogP contribution in [0.4, 0.5) is 11.4 Å². The summed E-state index contributed by atoms with van der Waals surface area (Å²) < 4.78 is 5.07. The molecule has 0 fully saturated rings. The van der Waals surface area contributed by atoms with E-state index in [1.165, 1.54) is 24.3 Å². The molecule has 0 saturated heterocycles. The predicted octanol–water partition coefficient (Wildman–Crippen LogP) is 3.70. The first-order chi connectivity index (χ1) is 9.90. The number of carbonyl (C=O) groups is 1. The lowest BCUT2D eigenvalue weighted by atomic mass is 10.2. The van der Waals surface area contributed by atoms with Crippen molar-refractivity contribution in [1.29, 1.82) is 0 Å². The van der Waals surface area contributed by atoms with E-state index in [-0.39, 0.29) is 32.7 Å². The summed E-state index contributed by atoms with van der Waals surface area (Å²) in [5, 5.41) is 11.1. The Morgan fingerprint density at radius 2 is 1.95 bits per heavy atom.